The molecule has 1 heterocycles. The monoisotopic (exact) mass is 433 g/mol. The Morgan fingerprint density at radius 1 is 1.45 bits per heavy atom. The van der Waals surface area contributed by atoms with E-state index in [-0.39, 0.29) is 40.3 Å². The van der Waals surface area contributed by atoms with Gasteiger partial charge in [-0.2, -0.15) is 13.2 Å². The first-order valence-corrected chi connectivity index (χ1v) is 10.7. The molecular weight excluding hydrogens is 411 g/mol. The SMILES string of the molecule is CCS(=O)(=O)c1ccc(O[C@@H](C)C(F)(F)F)c(C(=O)N2CC3CC3(C(=N)N)C2)c1. The highest BCUT2D eigenvalue weighted by Gasteiger charge is 2.63. The topological polar surface area (TPSA) is 114 Å². The molecule has 2 unspecified atom stereocenters. The first-order chi connectivity index (χ1) is 13.3. The van der Waals surface area contributed by atoms with E-state index in [0.717, 1.165) is 25.1 Å². The van der Waals surface area contributed by atoms with Gasteiger partial charge in [0.15, 0.2) is 15.9 Å². The molecule has 3 atom stereocenters. The number of amides is 1. The van der Waals surface area contributed by atoms with Crippen molar-refractivity contribution < 1.29 is 31.1 Å². The molecule has 3 rings (SSSR count). The van der Waals surface area contributed by atoms with Gasteiger partial charge in [0, 0.05) is 18.5 Å². The summed E-state index contributed by atoms with van der Waals surface area (Å²) in [6, 6.07) is 3.27. The Labute approximate surface area is 166 Å². The molecule has 1 aromatic rings. The van der Waals surface area contributed by atoms with Crippen LogP contribution in [0.3, 0.4) is 0 Å². The number of piperidine rings is 1. The van der Waals surface area contributed by atoms with Crippen LogP contribution in [-0.4, -0.2) is 56.2 Å². The standard InChI is InChI=1S/C18H22F3N3O4S/c1-3-29(26,27)12-4-5-14(28-10(2)18(19,20)21)13(6-12)15(25)24-8-11-7-17(11,9-24)16(22)23/h4-6,10-11H,3,7-9H2,1-2H3,(H3,22,23)/t10-,11?,17?/m0/s1. The smallest absolute Gasteiger partial charge is 0.425 e. The van der Waals surface area contributed by atoms with Crippen LogP contribution in [0.25, 0.3) is 0 Å². The molecule has 29 heavy (non-hydrogen) atoms. The van der Waals surface area contributed by atoms with Crippen LogP contribution < -0.4 is 10.5 Å². The molecule has 0 radical (unpaired) electrons. The summed E-state index contributed by atoms with van der Waals surface area (Å²) < 4.78 is 68.2. The number of nitrogens with one attached hydrogen (secondary N) is 1. The number of halogens is 3. The quantitative estimate of drug-likeness (QED) is 0.528. The predicted molar refractivity (Wildman–Crippen MR) is 98.7 cm³/mol. The minimum Gasteiger partial charge on any atom is -0.480 e. The maximum absolute atomic E-state index is 13.1. The molecule has 0 spiro atoms. The molecule has 3 N–H and O–H groups in total. The fraction of sp³-hybridized carbons (Fsp3) is 0.556. The molecule has 2 aliphatic rings. The van der Waals surface area contributed by atoms with Crippen LogP contribution in [-0.2, 0) is 9.84 Å². The van der Waals surface area contributed by atoms with Crippen LogP contribution in [0.4, 0.5) is 13.2 Å². The van der Waals surface area contributed by atoms with Crippen molar-refractivity contribution in [2.24, 2.45) is 17.1 Å². The number of carbonyl (C=O) groups excluding carboxylic acids is 1. The predicted octanol–water partition coefficient (Wildman–Crippen LogP) is 2.21. The lowest BCUT2D eigenvalue weighted by atomic mass is 10.1. The summed E-state index contributed by atoms with van der Waals surface area (Å²) >= 11 is 0. The second-order valence-electron chi connectivity index (χ2n) is 7.52. The maximum Gasteiger partial charge on any atom is 0.425 e. The minimum atomic E-state index is -4.65. The van der Waals surface area contributed by atoms with Crippen LogP contribution in [0.2, 0.25) is 0 Å². The van der Waals surface area contributed by atoms with E-state index in [1.807, 2.05) is 0 Å². The van der Waals surface area contributed by atoms with Crippen molar-refractivity contribution in [1.82, 2.24) is 4.90 Å². The van der Waals surface area contributed by atoms with Gasteiger partial charge < -0.3 is 15.4 Å². The Balaban J connectivity index is 1.96. The molecule has 0 aromatic heterocycles. The van der Waals surface area contributed by atoms with Crippen LogP contribution in [0.15, 0.2) is 23.1 Å². The zero-order valence-electron chi connectivity index (χ0n) is 15.9. The normalized spacial score (nSPS) is 24.7. The Morgan fingerprint density at radius 2 is 2.10 bits per heavy atom. The molecule has 2 fully saturated rings. The van der Waals surface area contributed by atoms with Crippen molar-refractivity contribution in [3.8, 4) is 5.75 Å². The van der Waals surface area contributed by atoms with Crippen molar-refractivity contribution in [2.75, 3.05) is 18.8 Å². The van der Waals surface area contributed by atoms with Crippen LogP contribution in [0, 0.1) is 16.7 Å². The number of carbonyl (C=O) groups is 1. The molecule has 0 bridgehead atoms. The fourth-order valence-corrected chi connectivity index (χ4v) is 4.53. The fourth-order valence-electron chi connectivity index (χ4n) is 3.62. The molecule has 1 amide bonds. The highest BCUT2D eigenvalue weighted by molar-refractivity contribution is 7.91. The van der Waals surface area contributed by atoms with Crippen LogP contribution in [0.1, 0.15) is 30.6 Å². The van der Waals surface area contributed by atoms with Crippen molar-refractivity contribution in [2.45, 2.75) is 37.4 Å². The van der Waals surface area contributed by atoms with Gasteiger partial charge in [-0.25, -0.2) is 8.42 Å². The molecule has 1 saturated heterocycles. The van der Waals surface area contributed by atoms with E-state index in [1.165, 1.54) is 11.8 Å². The number of sulfone groups is 1. The van der Waals surface area contributed by atoms with Crippen molar-refractivity contribution >= 4 is 21.6 Å². The average Bonchev–Trinajstić information content (AvgIpc) is 3.22. The van der Waals surface area contributed by atoms with E-state index in [9.17, 15) is 26.4 Å². The van der Waals surface area contributed by atoms with Gasteiger partial charge in [-0.1, -0.05) is 6.92 Å². The number of nitrogens with zero attached hydrogens (tertiary/aromatic N) is 1. The Bertz CT molecular complexity index is 964. The Morgan fingerprint density at radius 3 is 2.62 bits per heavy atom. The summed E-state index contributed by atoms with van der Waals surface area (Å²) in [5, 5.41) is 7.72. The zero-order chi connectivity index (χ0) is 21.8. The number of ether oxygens (including phenoxy) is 1. The first kappa shape index (κ1) is 21.4. The van der Waals surface area contributed by atoms with E-state index < -0.39 is 33.4 Å². The maximum atomic E-state index is 13.1. The third-order valence-electron chi connectivity index (χ3n) is 5.65. The van der Waals surface area contributed by atoms with Crippen LogP contribution >= 0.6 is 0 Å². The van der Waals surface area contributed by atoms with E-state index >= 15 is 0 Å². The number of amidine groups is 1. The van der Waals surface area contributed by atoms with E-state index in [0.29, 0.717) is 13.0 Å². The molecule has 7 nitrogen and oxygen atoms in total. The molecule has 160 valence electrons. The number of nitrogens with two attached hydrogens (primary N) is 1. The lowest BCUT2D eigenvalue weighted by Gasteiger charge is -2.24. The number of hydrogen-bond donors (Lipinski definition) is 2. The molecule has 1 aliphatic heterocycles. The van der Waals surface area contributed by atoms with Crippen molar-refractivity contribution in [3.05, 3.63) is 23.8 Å². The molecule has 1 aliphatic carbocycles. The lowest BCUT2D eigenvalue weighted by Crippen LogP contribution is -2.37. The van der Waals surface area contributed by atoms with Gasteiger partial charge >= 0.3 is 6.18 Å². The Kier molecular flexibility index (Phi) is 5.09. The minimum absolute atomic E-state index is 0.0257. The summed E-state index contributed by atoms with van der Waals surface area (Å²) in [4.78, 5) is 14.3. The Hall–Kier alpha value is -2.30. The second kappa shape index (κ2) is 6.89. The molecule has 1 aromatic carbocycles. The molecule has 11 heteroatoms. The van der Waals surface area contributed by atoms with Gasteiger partial charge in [-0.3, -0.25) is 10.2 Å². The van der Waals surface area contributed by atoms with Crippen molar-refractivity contribution in [3.63, 3.8) is 0 Å². The highest BCUT2D eigenvalue weighted by Crippen LogP contribution is 2.57. The number of rotatable bonds is 6. The number of benzene rings is 1. The summed E-state index contributed by atoms with van der Waals surface area (Å²) in [5.41, 5.74) is 4.80. The number of likely N-dealkylation sites (tertiary alicyclic amines) is 1. The zero-order valence-corrected chi connectivity index (χ0v) is 16.7. The van der Waals surface area contributed by atoms with Gasteiger partial charge in [0.05, 0.1) is 22.0 Å². The van der Waals surface area contributed by atoms with Crippen LogP contribution in [0.5, 0.6) is 5.75 Å². The van der Waals surface area contributed by atoms with Gasteiger partial charge in [0.1, 0.15) is 5.75 Å². The summed E-state index contributed by atoms with van der Waals surface area (Å²) in [6.45, 7) is 2.71. The van der Waals surface area contributed by atoms with E-state index in [1.54, 1.807) is 0 Å². The van der Waals surface area contributed by atoms with Crippen molar-refractivity contribution in [1.29, 1.82) is 5.41 Å². The van der Waals surface area contributed by atoms with Gasteiger partial charge in [-0.15, -0.1) is 0 Å². The third-order valence-corrected chi connectivity index (χ3v) is 7.39. The van der Waals surface area contributed by atoms with E-state index in [2.05, 4.69) is 0 Å². The first-order valence-electron chi connectivity index (χ1n) is 9.06. The molecular formula is C18H22F3N3O4S. The third kappa shape index (κ3) is 3.79. The lowest BCUT2D eigenvalue weighted by molar-refractivity contribution is -0.189. The van der Waals surface area contributed by atoms with Gasteiger partial charge in [0.25, 0.3) is 5.91 Å². The summed E-state index contributed by atoms with van der Waals surface area (Å²) in [5.74, 6) is -1.20. The number of alkyl halides is 3. The summed E-state index contributed by atoms with van der Waals surface area (Å²) in [6.07, 6.45) is -6.15. The number of fused-ring (bicyclic) bond motifs is 1. The second-order valence-corrected chi connectivity index (χ2v) is 9.80. The highest BCUT2D eigenvalue weighted by atomic mass is 32.2. The van der Waals surface area contributed by atoms with E-state index in [4.69, 9.17) is 15.9 Å². The number of hydrogen-bond acceptors (Lipinski definition) is 5. The van der Waals surface area contributed by atoms with Gasteiger partial charge in [-0.05, 0) is 37.5 Å². The average molecular weight is 433 g/mol. The largest absolute Gasteiger partial charge is 0.480 e. The summed E-state index contributed by atoms with van der Waals surface area (Å²) in [7, 11) is -3.68. The molecule has 1 saturated carbocycles. The van der Waals surface area contributed by atoms with Gasteiger partial charge in [0.2, 0.25) is 0 Å².